The van der Waals surface area contributed by atoms with E-state index in [1.54, 1.807) is 4.90 Å². The number of nitrogens with one attached hydrogen (secondary N) is 1. The Bertz CT molecular complexity index is 996. The van der Waals surface area contributed by atoms with Crippen LogP contribution < -0.4 is 10.2 Å². The molecule has 2 aliphatic rings. The van der Waals surface area contributed by atoms with Crippen LogP contribution in [0.2, 0.25) is 0 Å². The van der Waals surface area contributed by atoms with E-state index in [1.165, 1.54) is 38.5 Å². The maximum atomic E-state index is 13.0. The average molecular weight is 617 g/mol. The number of rotatable bonds is 13. The van der Waals surface area contributed by atoms with Crippen molar-refractivity contribution in [1.82, 2.24) is 9.88 Å². The highest BCUT2D eigenvalue weighted by molar-refractivity contribution is 5.77. The molecule has 2 fully saturated rings. The number of likely N-dealkylation sites (tertiary alicyclic amines) is 1. The molecule has 0 bridgehead atoms. The zero-order chi connectivity index (χ0) is 32.8. The van der Waals surface area contributed by atoms with Gasteiger partial charge in [0.25, 0.3) is 0 Å². The quantitative estimate of drug-likeness (QED) is 0.175. The Morgan fingerprint density at radius 2 is 1.70 bits per heavy atom. The van der Waals surface area contributed by atoms with Gasteiger partial charge in [-0.25, -0.2) is 9.78 Å². The fourth-order valence-corrected chi connectivity index (χ4v) is 6.14. The Hall–Kier alpha value is -2.51. The number of aromatic nitrogens is 1. The monoisotopic (exact) mass is 616 g/mol. The third kappa shape index (κ3) is 11.8. The highest BCUT2D eigenvalue weighted by Crippen LogP contribution is 2.38. The molecule has 3 rings (SSSR count). The first-order valence-corrected chi connectivity index (χ1v) is 17.5. The molecule has 3 heterocycles. The summed E-state index contributed by atoms with van der Waals surface area (Å²) in [4.78, 5) is 34.5. The molecule has 0 spiro atoms. The van der Waals surface area contributed by atoms with E-state index in [4.69, 9.17) is 14.5 Å². The van der Waals surface area contributed by atoms with E-state index in [0.29, 0.717) is 32.5 Å². The van der Waals surface area contributed by atoms with Gasteiger partial charge in [-0.05, 0) is 90.7 Å². The first-order valence-electron chi connectivity index (χ1n) is 17.5. The Kier molecular flexibility index (Phi) is 15.8. The number of hydrogen-bond acceptors (Lipinski definition) is 7. The molecule has 1 aromatic rings. The summed E-state index contributed by atoms with van der Waals surface area (Å²) in [7, 11) is 0. The highest BCUT2D eigenvalue weighted by atomic mass is 16.6. The number of piperidine rings is 1. The van der Waals surface area contributed by atoms with Crippen LogP contribution in [0, 0.1) is 24.2 Å². The van der Waals surface area contributed by atoms with Gasteiger partial charge in [-0.3, -0.25) is 4.79 Å². The summed E-state index contributed by atoms with van der Waals surface area (Å²) < 4.78 is 11.0. The number of aryl methyl sites for hydroxylation is 1. The summed E-state index contributed by atoms with van der Waals surface area (Å²) >= 11 is 0. The van der Waals surface area contributed by atoms with Crippen molar-refractivity contribution in [1.29, 1.82) is 0 Å². The molecular formula is C36H64N4O4. The van der Waals surface area contributed by atoms with Crippen molar-refractivity contribution in [2.75, 3.05) is 49.5 Å². The van der Waals surface area contributed by atoms with Gasteiger partial charge in [0.15, 0.2) is 0 Å². The van der Waals surface area contributed by atoms with Crippen LogP contribution in [0.3, 0.4) is 0 Å². The van der Waals surface area contributed by atoms with Gasteiger partial charge >= 0.3 is 12.1 Å². The second-order valence-electron chi connectivity index (χ2n) is 13.9. The lowest BCUT2D eigenvalue weighted by molar-refractivity contribution is -0.159. The highest BCUT2D eigenvalue weighted by Gasteiger charge is 2.43. The Balaban J connectivity index is 0.00000102. The standard InChI is InChI=1S/C30H50N4O4.C6H14/c1-8-22(3)24-13-18-34(21-24)26-12-11-25(23(4)32-26)31-17-10-14-30(27(35)37-9-2)15-19-33(20-16-30)28(36)38-29(5,6)7;1-3-5-6-4-2/h11-12,22,24,31H,8-10,13-21H2,1-7H3;3-6H2,1-2H3. The zero-order valence-corrected chi connectivity index (χ0v) is 29.6. The third-order valence-corrected chi connectivity index (χ3v) is 9.25. The van der Waals surface area contributed by atoms with Crippen LogP contribution in [0.1, 0.15) is 125 Å². The van der Waals surface area contributed by atoms with E-state index >= 15 is 0 Å². The molecule has 2 aliphatic heterocycles. The molecule has 0 aliphatic carbocycles. The van der Waals surface area contributed by atoms with Crippen molar-refractivity contribution in [2.45, 2.75) is 132 Å². The first kappa shape index (κ1) is 37.7. The molecular weight excluding hydrogens is 552 g/mol. The maximum absolute atomic E-state index is 13.0. The number of amides is 1. The van der Waals surface area contributed by atoms with Crippen LogP contribution in [0.5, 0.6) is 0 Å². The number of ether oxygens (including phenoxy) is 2. The van der Waals surface area contributed by atoms with Gasteiger partial charge in [0.05, 0.1) is 23.4 Å². The second kappa shape index (κ2) is 18.5. The SMILES string of the molecule is CCCCCC.CCOC(=O)C1(CCCNc2ccc(N3CCC(C(C)CC)C3)nc2C)CCN(C(=O)OC(C)(C)C)CC1. The van der Waals surface area contributed by atoms with Crippen molar-refractivity contribution < 1.29 is 19.1 Å². The van der Waals surface area contributed by atoms with Gasteiger partial charge in [0.1, 0.15) is 11.4 Å². The van der Waals surface area contributed by atoms with E-state index in [-0.39, 0.29) is 12.1 Å². The molecule has 0 aromatic carbocycles. The topological polar surface area (TPSA) is 84.0 Å². The van der Waals surface area contributed by atoms with Gasteiger partial charge < -0.3 is 24.6 Å². The molecule has 0 saturated carbocycles. The van der Waals surface area contributed by atoms with Crippen molar-refractivity contribution in [3.05, 3.63) is 17.8 Å². The Morgan fingerprint density at radius 1 is 1.05 bits per heavy atom. The lowest BCUT2D eigenvalue weighted by atomic mass is 9.74. The maximum Gasteiger partial charge on any atom is 0.410 e. The van der Waals surface area contributed by atoms with Crippen LogP contribution in [0.4, 0.5) is 16.3 Å². The number of anilines is 2. The third-order valence-electron chi connectivity index (χ3n) is 9.25. The number of pyridine rings is 1. The summed E-state index contributed by atoms with van der Waals surface area (Å²) in [6.07, 6.45) is 10.4. The zero-order valence-electron chi connectivity index (χ0n) is 29.6. The minimum absolute atomic E-state index is 0.146. The van der Waals surface area contributed by atoms with Gasteiger partial charge in [-0.2, -0.15) is 0 Å². The number of esters is 1. The van der Waals surface area contributed by atoms with Gasteiger partial charge in [0, 0.05) is 32.7 Å². The number of carbonyl (C=O) groups is 2. The average Bonchev–Trinajstić information content (AvgIpc) is 3.49. The summed E-state index contributed by atoms with van der Waals surface area (Å²) in [6, 6.07) is 4.26. The Labute approximate surface area is 269 Å². The van der Waals surface area contributed by atoms with Crippen LogP contribution >= 0.6 is 0 Å². The minimum Gasteiger partial charge on any atom is -0.466 e. The van der Waals surface area contributed by atoms with Gasteiger partial charge in [-0.15, -0.1) is 0 Å². The fourth-order valence-electron chi connectivity index (χ4n) is 6.14. The fraction of sp³-hybridized carbons (Fsp3) is 0.806. The van der Waals surface area contributed by atoms with E-state index < -0.39 is 11.0 Å². The van der Waals surface area contributed by atoms with Crippen LogP contribution in [-0.4, -0.2) is 66.9 Å². The van der Waals surface area contributed by atoms with E-state index in [0.717, 1.165) is 61.5 Å². The van der Waals surface area contributed by atoms with Gasteiger partial charge in [-0.1, -0.05) is 59.8 Å². The van der Waals surface area contributed by atoms with Crippen molar-refractivity contribution in [2.24, 2.45) is 17.3 Å². The predicted octanol–water partition coefficient (Wildman–Crippen LogP) is 8.62. The second-order valence-corrected chi connectivity index (χ2v) is 13.9. The predicted molar refractivity (Wildman–Crippen MR) is 182 cm³/mol. The normalized spacial score (nSPS) is 18.7. The largest absolute Gasteiger partial charge is 0.466 e. The molecule has 1 N–H and O–H groups in total. The number of unbranched alkanes of at least 4 members (excludes halogenated alkanes) is 3. The first-order chi connectivity index (χ1) is 20.9. The van der Waals surface area contributed by atoms with Crippen LogP contribution in [-0.2, 0) is 14.3 Å². The summed E-state index contributed by atoms with van der Waals surface area (Å²) in [6.45, 7) is 22.9. The van der Waals surface area contributed by atoms with E-state index in [1.807, 2.05) is 27.7 Å². The number of hydrogen-bond donors (Lipinski definition) is 1. The van der Waals surface area contributed by atoms with Crippen LogP contribution in [0.25, 0.3) is 0 Å². The molecule has 0 radical (unpaired) electrons. The van der Waals surface area contributed by atoms with Crippen molar-refractivity contribution in [3.63, 3.8) is 0 Å². The summed E-state index contributed by atoms with van der Waals surface area (Å²) in [5, 5.41) is 3.53. The molecule has 2 unspecified atom stereocenters. The van der Waals surface area contributed by atoms with E-state index in [2.05, 4.69) is 57.0 Å². The Morgan fingerprint density at radius 3 is 2.25 bits per heavy atom. The number of nitrogens with zero attached hydrogens (tertiary/aromatic N) is 3. The molecule has 8 nitrogen and oxygen atoms in total. The van der Waals surface area contributed by atoms with E-state index in [9.17, 15) is 9.59 Å². The molecule has 8 heteroatoms. The smallest absolute Gasteiger partial charge is 0.410 e. The molecule has 1 aromatic heterocycles. The number of carbonyl (C=O) groups excluding carboxylic acids is 2. The molecule has 2 saturated heterocycles. The lowest BCUT2D eigenvalue weighted by Gasteiger charge is -2.40. The molecule has 252 valence electrons. The van der Waals surface area contributed by atoms with Gasteiger partial charge in [0.2, 0.25) is 0 Å². The lowest BCUT2D eigenvalue weighted by Crippen LogP contribution is -2.48. The molecule has 2 atom stereocenters. The molecule has 1 amide bonds. The summed E-state index contributed by atoms with van der Waals surface area (Å²) in [5.74, 6) is 2.43. The van der Waals surface area contributed by atoms with Crippen LogP contribution in [0.15, 0.2) is 12.1 Å². The van der Waals surface area contributed by atoms with Crippen molar-refractivity contribution >= 4 is 23.6 Å². The minimum atomic E-state index is -0.560. The van der Waals surface area contributed by atoms with Crippen molar-refractivity contribution in [3.8, 4) is 0 Å². The molecule has 44 heavy (non-hydrogen) atoms. The summed E-state index contributed by atoms with van der Waals surface area (Å²) in [5.41, 5.74) is 0.945.